The monoisotopic (exact) mass is 266 g/mol. The minimum absolute atomic E-state index is 0.111. The summed E-state index contributed by atoms with van der Waals surface area (Å²) in [5.74, 6) is -0.311. The van der Waals surface area contributed by atoms with Crippen LogP contribution in [0.5, 0.6) is 5.75 Å². The summed E-state index contributed by atoms with van der Waals surface area (Å²) in [6, 6.07) is 4.24. The Morgan fingerprint density at radius 2 is 2.28 bits per heavy atom. The highest BCUT2D eigenvalue weighted by atomic mass is 35.5. The van der Waals surface area contributed by atoms with Crippen LogP contribution in [0.25, 0.3) is 0 Å². The zero-order chi connectivity index (χ0) is 13.3. The van der Waals surface area contributed by atoms with Gasteiger partial charge in [-0.15, -0.1) is 0 Å². The fourth-order valence-corrected chi connectivity index (χ4v) is 1.65. The summed E-state index contributed by atoms with van der Waals surface area (Å²) in [7, 11) is 1.65. The number of anilines is 2. The number of aryl methyl sites for hydroxylation is 1. The fraction of sp³-hybridized carbons (Fsp3) is 0.0909. The Hall–Kier alpha value is -2.21. The fourth-order valence-electron chi connectivity index (χ4n) is 1.48. The summed E-state index contributed by atoms with van der Waals surface area (Å²) in [6.07, 6.45) is 1.43. The van der Waals surface area contributed by atoms with E-state index in [9.17, 15) is 9.90 Å². The zero-order valence-corrected chi connectivity index (χ0v) is 10.3. The maximum atomic E-state index is 11.9. The highest BCUT2D eigenvalue weighted by Crippen LogP contribution is 2.24. The number of phenols is 1. The van der Waals surface area contributed by atoms with Crippen LogP contribution in [0.1, 0.15) is 10.4 Å². The maximum Gasteiger partial charge on any atom is 0.260 e. The number of rotatable bonds is 2. The van der Waals surface area contributed by atoms with Gasteiger partial charge < -0.3 is 16.2 Å². The molecule has 0 aliphatic carbocycles. The molecule has 0 fully saturated rings. The molecule has 94 valence electrons. The molecule has 0 bridgehead atoms. The van der Waals surface area contributed by atoms with E-state index < -0.39 is 5.91 Å². The van der Waals surface area contributed by atoms with Gasteiger partial charge in [-0.05, 0) is 18.2 Å². The molecule has 0 radical (unpaired) electrons. The molecule has 1 aromatic carbocycles. The Morgan fingerprint density at radius 3 is 2.83 bits per heavy atom. The van der Waals surface area contributed by atoms with Gasteiger partial charge in [-0.2, -0.15) is 5.10 Å². The van der Waals surface area contributed by atoms with Gasteiger partial charge in [0.15, 0.2) is 5.82 Å². The lowest BCUT2D eigenvalue weighted by Gasteiger charge is -2.08. The van der Waals surface area contributed by atoms with Gasteiger partial charge in [-0.3, -0.25) is 9.48 Å². The molecule has 2 rings (SSSR count). The molecule has 1 amide bonds. The van der Waals surface area contributed by atoms with Crippen molar-refractivity contribution >= 4 is 29.0 Å². The van der Waals surface area contributed by atoms with E-state index in [0.29, 0.717) is 16.5 Å². The number of halogens is 1. The third kappa shape index (κ3) is 2.23. The predicted molar refractivity (Wildman–Crippen MR) is 68.7 cm³/mol. The number of amides is 1. The largest absolute Gasteiger partial charge is 0.507 e. The van der Waals surface area contributed by atoms with Crippen LogP contribution < -0.4 is 11.1 Å². The summed E-state index contributed by atoms with van der Waals surface area (Å²) in [4.78, 5) is 11.9. The highest BCUT2D eigenvalue weighted by molar-refractivity contribution is 6.31. The topological polar surface area (TPSA) is 93.2 Å². The van der Waals surface area contributed by atoms with E-state index in [0.717, 1.165) is 0 Å². The van der Waals surface area contributed by atoms with Crippen LogP contribution in [0.15, 0.2) is 24.4 Å². The van der Waals surface area contributed by atoms with Gasteiger partial charge in [0, 0.05) is 12.1 Å². The first-order valence-corrected chi connectivity index (χ1v) is 5.44. The minimum atomic E-state index is -0.487. The van der Waals surface area contributed by atoms with Gasteiger partial charge in [-0.25, -0.2) is 0 Å². The van der Waals surface area contributed by atoms with Crippen LogP contribution in [0.2, 0.25) is 5.02 Å². The van der Waals surface area contributed by atoms with Crippen molar-refractivity contribution in [2.45, 2.75) is 0 Å². The second-order valence-electron chi connectivity index (χ2n) is 3.69. The van der Waals surface area contributed by atoms with Gasteiger partial charge in [0.05, 0.1) is 17.4 Å². The average molecular weight is 267 g/mol. The van der Waals surface area contributed by atoms with Crippen molar-refractivity contribution in [1.29, 1.82) is 0 Å². The Bertz CT molecular complexity index is 590. The lowest BCUT2D eigenvalue weighted by molar-refractivity contribution is 0.102. The van der Waals surface area contributed by atoms with Crippen molar-refractivity contribution in [2.75, 3.05) is 11.1 Å². The van der Waals surface area contributed by atoms with Gasteiger partial charge in [0.2, 0.25) is 0 Å². The normalized spacial score (nSPS) is 10.3. The molecule has 0 aliphatic rings. The van der Waals surface area contributed by atoms with Crippen molar-refractivity contribution < 1.29 is 9.90 Å². The molecule has 1 heterocycles. The Kier molecular flexibility index (Phi) is 3.12. The quantitative estimate of drug-likeness (QED) is 0.770. The molecule has 1 aromatic heterocycles. The summed E-state index contributed by atoms with van der Waals surface area (Å²) < 4.78 is 1.43. The third-order valence-corrected chi connectivity index (χ3v) is 2.64. The first-order chi connectivity index (χ1) is 8.49. The number of hydrogen-bond acceptors (Lipinski definition) is 4. The number of carbonyl (C=O) groups excluding carboxylic acids is 1. The van der Waals surface area contributed by atoms with Gasteiger partial charge in [-0.1, -0.05) is 11.6 Å². The van der Waals surface area contributed by atoms with Crippen LogP contribution >= 0.6 is 11.6 Å². The molecule has 18 heavy (non-hydrogen) atoms. The predicted octanol–water partition coefficient (Wildman–Crippen LogP) is 1.61. The summed E-state index contributed by atoms with van der Waals surface area (Å²) in [6.45, 7) is 0. The number of benzene rings is 1. The van der Waals surface area contributed by atoms with E-state index in [1.54, 1.807) is 7.05 Å². The molecule has 0 atom stereocenters. The Labute approximate surface area is 108 Å². The average Bonchev–Trinajstić information content (AvgIpc) is 2.60. The SMILES string of the molecule is Cn1ncc(N)c1NC(=O)c1ccc(Cl)cc1O. The Morgan fingerprint density at radius 1 is 1.56 bits per heavy atom. The highest BCUT2D eigenvalue weighted by Gasteiger charge is 2.15. The van der Waals surface area contributed by atoms with E-state index in [1.165, 1.54) is 29.1 Å². The molecule has 0 spiro atoms. The van der Waals surface area contributed by atoms with E-state index in [1.807, 2.05) is 0 Å². The number of phenolic OH excluding ortho intramolecular Hbond substituents is 1. The smallest absolute Gasteiger partial charge is 0.260 e. The molecule has 6 nitrogen and oxygen atoms in total. The molecule has 4 N–H and O–H groups in total. The van der Waals surface area contributed by atoms with Gasteiger partial charge in [0.1, 0.15) is 5.75 Å². The van der Waals surface area contributed by atoms with Crippen molar-refractivity contribution in [3.05, 3.63) is 35.0 Å². The van der Waals surface area contributed by atoms with E-state index >= 15 is 0 Å². The third-order valence-electron chi connectivity index (χ3n) is 2.40. The number of nitrogens with one attached hydrogen (secondary N) is 1. The van der Waals surface area contributed by atoms with Gasteiger partial charge in [0.25, 0.3) is 5.91 Å². The van der Waals surface area contributed by atoms with Crippen LogP contribution in [0.4, 0.5) is 11.5 Å². The Balaban J connectivity index is 2.28. The van der Waals surface area contributed by atoms with Crippen LogP contribution in [-0.2, 0) is 7.05 Å². The second kappa shape index (κ2) is 4.58. The molecule has 0 aliphatic heterocycles. The van der Waals surface area contributed by atoms with E-state index in [-0.39, 0.29) is 11.3 Å². The molecule has 7 heteroatoms. The lowest BCUT2D eigenvalue weighted by Crippen LogP contribution is -2.15. The molecular weight excluding hydrogens is 256 g/mol. The summed E-state index contributed by atoms with van der Waals surface area (Å²) >= 11 is 5.69. The standard InChI is InChI=1S/C11H11ClN4O2/c1-16-10(8(13)5-14-16)15-11(18)7-3-2-6(12)4-9(7)17/h2-5,17H,13H2,1H3,(H,15,18). The minimum Gasteiger partial charge on any atom is -0.507 e. The first kappa shape index (κ1) is 12.3. The van der Waals surface area contributed by atoms with Crippen molar-refractivity contribution in [3.8, 4) is 5.75 Å². The number of hydrogen-bond donors (Lipinski definition) is 3. The molecular formula is C11H11ClN4O2. The molecule has 0 saturated heterocycles. The number of nitrogens with zero attached hydrogens (tertiary/aromatic N) is 2. The van der Waals surface area contributed by atoms with Gasteiger partial charge >= 0.3 is 0 Å². The lowest BCUT2D eigenvalue weighted by atomic mass is 10.2. The number of carbonyl (C=O) groups is 1. The molecule has 0 saturated carbocycles. The van der Waals surface area contributed by atoms with Crippen molar-refractivity contribution in [2.24, 2.45) is 7.05 Å². The van der Waals surface area contributed by atoms with E-state index in [2.05, 4.69) is 10.4 Å². The first-order valence-electron chi connectivity index (χ1n) is 5.06. The second-order valence-corrected chi connectivity index (χ2v) is 4.12. The molecule has 0 unspecified atom stereocenters. The maximum absolute atomic E-state index is 11.9. The van der Waals surface area contributed by atoms with Crippen molar-refractivity contribution in [1.82, 2.24) is 9.78 Å². The summed E-state index contributed by atoms with van der Waals surface area (Å²) in [5.41, 5.74) is 6.11. The summed E-state index contributed by atoms with van der Waals surface area (Å²) in [5, 5.41) is 16.4. The van der Waals surface area contributed by atoms with Crippen LogP contribution in [0, 0.1) is 0 Å². The molecule has 2 aromatic rings. The van der Waals surface area contributed by atoms with Crippen LogP contribution in [-0.4, -0.2) is 20.8 Å². The number of nitrogen functional groups attached to an aromatic ring is 1. The number of nitrogens with two attached hydrogens (primary N) is 1. The zero-order valence-electron chi connectivity index (χ0n) is 9.51. The van der Waals surface area contributed by atoms with Crippen LogP contribution in [0.3, 0.4) is 0 Å². The number of aromatic hydroxyl groups is 1. The van der Waals surface area contributed by atoms with Crippen molar-refractivity contribution in [3.63, 3.8) is 0 Å². The number of aromatic nitrogens is 2. The van der Waals surface area contributed by atoms with E-state index in [4.69, 9.17) is 17.3 Å².